The van der Waals surface area contributed by atoms with Crippen LogP contribution >= 0.6 is 11.6 Å². The van der Waals surface area contributed by atoms with Gasteiger partial charge in [0.1, 0.15) is 11.3 Å². The Hall–Kier alpha value is -2.55. The predicted octanol–water partition coefficient (Wildman–Crippen LogP) is 3.35. The van der Waals surface area contributed by atoms with Crippen molar-refractivity contribution < 1.29 is 13.2 Å². The molecule has 0 bridgehead atoms. The first kappa shape index (κ1) is 16.9. The first-order valence-electron chi connectivity index (χ1n) is 7.94. The average molecular weight is 383 g/mol. The fourth-order valence-electron chi connectivity index (χ4n) is 2.99. The molecule has 1 saturated heterocycles. The molecule has 1 aliphatic heterocycles. The molecule has 1 N–H and O–H groups in total. The zero-order valence-corrected chi connectivity index (χ0v) is 14.2. The number of nitrogens with zero attached hydrogens (tertiary/aromatic N) is 5. The van der Waals surface area contributed by atoms with Crippen LogP contribution in [-0.4, -0.2) is 46.1 Å². The van der Waals surface area contributed by atoms with E-state index in [1.807, 2.05) is 9.80 Å². The number of nitrogens with one attached hydrogen (secondary N) is 1. The lowest BCUT2D eigenvalue weighted by Crippen LogP contribution is -2.47. The van der Waals surface area contributed by atoms with Crippen molar-refractivity contribution in [1.29, 1.82) is 0 Å². The lowest BCUT2D eigenvalue weighted by atomic mass is 10.2. The zero-order chi connectivity index (χ0) is 18.3. The SMILES string of the molecule is FC(F)(F)c1ccc2nc(N3CCN(c4ncncc4Cl)CC3)[nH]c2c1. The minimum Gasteiger partial charge on any atom is -0.352 e. The molecule has 3 heterocycles. The third kappa shape index (κ3) is 3.14. The molecule has 0 aliphatic carbocycles. The van der Waals surface area contributed by atoms with Crippen molar-refractivity contribution in [3.63, 3.8) is 0 Å². The lowest BCUT2D eigenvalue weighted by Gasteiger charge is -2.35. The number of aromatic nitrogens is 4. The molecule has 0 spiro atoms. The van der Waals surface area contributed by atoms with Gasteiger partial charge in [0.15, 0.2) is 5.82 Å². The van der Waals surface area contributed by atoms with E-state index in [0.717, 1.165) is 12.1 Å². The van der Waals surface area contributed by atoms with Crippen molar-refractivity contribution in [2.75, 3.05) is 36.0 Å². The van der Waals surface area contributed by atoms with Crippen molar-refractivity contribution in [3.8, 4) is 0 Å². The quantitative estimate of drug-likeness (QED) is 0.736. The van der Waals surface area contributed by atoms with Crippen LogP contribution in [0.4, 0.5) is 24.9 Å². The highest BCUT2D eigenvalue weighted by Crippen LogP contribution is 2.31. The van der Waals surface area contributed by atoms with Crippen LogP contribution in [-0.2, 0) is 6.18 Å². The monoisotopic (exact) mass is 382 g/mol. The summed E-state index contributed by atoms with van der Waals surface area (Å²) in [6.07, 6.45) is -1.37. The van der Waals surface area contributed by atoms with Gasteiger partial charge in [-0.15, -0.1) is 0 Å². The maximum absolute atomic E-state index is 12.8. The highest BCUT2D eigenvalue weighted by Gasteiger charge is 2.31. The number of hydrogen-bond acceptors (Lipinski definition) is 5. The molecule has 26 heavy (non-hydrogen) atoms. The predicted molar refractivity (Wildman–Crippen MR) is 92.6 cm³/mol. The van der Waals surface area contributed by atoms with Crippen LogP contribution in [0.15, 0.2) is 30.7 Å². The highest BCUT2D eigenvalue weighted by molar-refractivity contribution is 6.32. The summed E-state index contributed by atoms with van der Waals surface area (Å²) >= 11 is 6.13. The summed E-state index contributed by atoms with van der Waals surface area (Å²) < 4.78 is 38.5. The number of anilines is 2. The Morgan fingerprint density at radius 3 is 2.50 bits per heavy atom. The van der Waals surface area contributed by atoms with E-state index < -0.39 is 11.7 Å². The number of rotatable bonds is 2. The summed E-state index contributed by atoms with van der Waals surface area (Å²) in [5, 5.41) is 0.490. The van der Waals surface area contributed by atoms with Crippen molar-refractivity contribution in [1.82, 2.24) is 19.9 Å². The standard InChI is InChI=1S/C16H14ClF3N6/c17-11-8-21-9-22-14(11)25-3-5-26(6-4-25)15-23-12-2-1-10(16(18,19)20)7-13(12)24-15/h1-2,7-9H,3-6H2,(H,23,24). The fraction of sp³-hybridized carbons (Fsp3) is 0.312. The summed E-state index contributed by atoms with van der Waals surface area (Å²) in [7, 11) is 0. The van der Waals surface area contributed by atoms with E-state index >= 15 is 0 Å². The Morgan fingerprint density at radius 2 is 1.81 bits per heavy atom. The zero-order valence-electron chi connectivity index (χ0n) is 13.5. The topological polar surface area (TPSA) is 60.9 Å². The smallest absolute Gasteiger partial charge is 0.352 e. The van der Waals surface area contributed by atoms with Gasteiger partial charge in [0.05, 0.1) is 22.8 Å². The van der Waals surface area contributed by atoms with Gasteiger partial charge < -0.3 is 14.8 Å². The number of imidazole rings is 1. The molecular formula is C16H14ClF3N6. The third-order valence-corrected chi connectivity index (χ3v) is 4.59. The number of benzene rings is 1. The molecule has 0 saturated carbocycles. The number of alkyl halides is 3. The van der Waals surface area contributed by atoms with Gasteiger partial charge in [-0.3, -0.25) is 0 Å². The van der Waals surface area contributed by atoms with Crippen LogP contribution in [0.25, 0.3) is 11.0 Å². The van der Waals surface area contributed by atoms with E-state index in [9.17, 15) is 13.2 Å². The van der Waals surface area contributed by atoms with Gasteiger partial charge >= 0.3 is 6.18 Å². The van der Waals surface area contributed by atoms with Gasteiger partial charge in [-0.25, -0.2) is 15.0 Å². The minimum absolute atomic E-state index is 0.371. The Bertz CT molecular complexity index is 933. The van der Waals surface area contributed by atoms with Crippen molar-refractivity contribution in [2.24, 2.45) is 0 Å². The van der Waals surface area contributed by atoms with Crippen molar-refractivity contribution in [3.05, 3.63) is 41.3 Å². The van der Waals surface area contributed by atoms with Gasteiger partial charge in [-0.05, 0) is 18.2 Å². The van der Waals surface area contributed by atoms with E-state index in [1.165, 1.54) is 12.4 Å². The van der Waals surface area contributed by atoms with E-state index in [1.54, 1.807) is 6.20 Å². The normalized spacial score (nSPS) is 15.7. The second-order valence-electron chi connectivity index (χ2n) is 5.96. The fourth-order valence-corrected chi connectivity index (χ4v) is 3.22. The molecule has 10 heteroatoms. The highest BCUT2D eigenvalue weighted by atomic mass is 35.5. The molecule has 4 rings (SSSR count). The molecule has 3 aromatic rings. The average Bonchev–Trinajstić information content (AvgIpc) is 3.05. The Labute approximate surface area is 151 Å². The van der Waals surface area contributed by atoms with Crippen molar-refractivity contribution >= 4 is 34.4 Å². The molecule has 2 aromatic heterocycles. The first-order chi connectivity index (χ1) is 12.4. The largest absolute Gasteiger partial charge is 0.416 e. The van der Waals surface area contributed by atoms with Crippen molar-refractivity contribution in [2.45, 2.75) is 6.18 Å². The number of aromatic amines is 1. The van der Waals surface area contributed by atoms with Crippen LogP contribution in [0.1, 0.15) is 5.56 Å². The van der Waals surface area contributed by atoms with Gasteiger partial charge in [-0.2, -0.15) is 13.2 Å². The molecule has 0 amide bonds. The van der Waals surface area contributed by atoms with Crippen LogP contribution in [0.2, 0.25) is 5.02 Å². The Balaban J connectivity index is 1.52. The van der Waals surface area contributed by atoms with Gasteiger partial charge in [0, 0.05) is 26.2 Å². The summed E-state index contributed by atoms with van der Waals surface area (Å²) in [5.41, 5.74) is 0.189. The van der Waals surface area contributed by atoms with E-state index in [4.69, 9.17) is 11.6 Å². The summed E-state index contributed by atoms with van der Waals surface area (Å²) in [4.78, 5) is 19.5. The molecule has 1 aliphatic rings. The van der Waals surface area contributed by atoms with Crippen LogP contribution < -0.4 is 9.80 Å². The van der Waals surface area contributed by atoms with E-state index in [2.05, 4.69) is 19.9 Å². The summed E-state index contributed by atoms with van der Waals surface area (Å²) in [6, 6.07) is 3.51. The molecule has 1 aromatic carbocycles. The Morgan fingerprint density at radius 1 is 1.08 bits per heavy atom. The Kier molecular flexibility index (Phi) is 4.10. The van der Waals surface area contributed by atoms with Gasteiger partial charge in [0.2, 0.25) is 5.95 Å². The van der Waals surface area contributed by atoms with Gasteiger partial charge in [0.25, 0.3) is 0 Å². The molecule has 136 valence electrons. The summed E-state index contributed by atoms with van der Waals surface area (Å²) in [5.74, 6) is 1.24. The molecular weight excluding hydrogens is 369 g/mol. The molecule has 6 nitrogen and oxygen atoms in total. The maximum Gasteiger partial charge on any atom is 0.416 e. The number of hydrogen-bond donors (Lipinski definition) is 1. The van der Waals surface area contributed by atoms with Crippen LogP contribution in [0, 0.1) is 0 Å². The second kappa shape index (κ2) is 6.31. The molecule has 0 radical (unpaired) electrons. The minimum atomic E-state index is -4.37. The van der Waals surface area contributed by atoms with Crippen LogP contribution in [0.5, 0.6) is 0 Å². The number of fused-ring (bicyclic) bond motifs is 1. The molecule has 0 unspecified atom stereocenters. The summed E-state index contributed by atoms with van der Waals surface area (Å²) in [6.45, 7) is 2.63. The number of piperazine rings is 1. The van der Waals surface area contributed by atoms with Crippen LogP contribution in [0.3, 0.4) is 0 Å². The van der Waals surface area contributed by atoms with E-state index in [-0.39, 0.29) is 0 Å². The van der Waals surface area contributed by atoms with Gasteiger partial charge in [-0.1, -0.05) is 11.6 Å². The third-order valence-electron chi connectivity index (χ3n) is 4.32. The maximum atomic E-state index is 12.8. The number of halogens is 4. The molecule has 1 fully saturated rings. The number of H-pyrrole nitrogens is 1. The first-order valence-corrected chi connectivity index (χ1v) is 8.32. The van der Waals surface area contributed by atoms with E-state index in [0.29, 0.717) is 54.0 Å². The molecule has 0 atom stereocenters. The second-order valence-corrected chi connectivity index (χ2v) is 6.37. The lowest BCUT2D eigenvalue weighted by molar-refractivity contribution is -0.137.